The van der Waals surface area contributed by atoms with Gasteiger partial charge in [-0.05, 0) is 30.7 Å². The summed E-state index contributed by atoms with van der Waals surface area (Å²) in [6.07, 6.45) is 1.59. The Hall–Kier alpha value is -2.86. The average molecular weight is 367 g/mol. The molecule has 6 nitrogen and oxygen atoms in total. The first-order valence-corrected chi connectivity index (χ1v) is 9.09. The molecule has 142 valence electrons. The van der Waals surface area contributed by atoms with E-state index < -0.39 is 0 Å². The highest BCUT2D eigenvalue weighted by atomic mass is 16.5. The molecule has 27 heavy (non-hydrogen) atoms. The molecule has 0 saturated heterocycles. The average Bonchev–Trinajstić information content (AvgIpc) is 3.06. The van der Waals surface area contributed by atoms with E-state index in [-0.39, 0.29) is 5.91 Å². The molecular weight excluding hydrogens is 342 g/mol. The largest absolute Gasteiger partial charge is 0.496 e. The SMILES string of the molecule is COCCn1c(CCCNC(=O)c2ccccc2OC)nc2ccccc21. The Kier molecular flexibility index (Phi) is 6.44. The zero-order valence-corrected chi connectivity index (χ0v) is 15.8. The van der Waals surface area contributed by atoms with Gasteiger partial charge in [0, 0.05) is 26.6 Å². The number of carbonyl (C=O) groups is 1. The van der Waals surface area contributed by atoms with E-state index in [1.807, 2.05) is 30.3 Å². The van der Waals surface area contributed by atoms with E-state index in [1.54, 1.807) is 26.4 Å². The van der Waals surface area contributed by atoms with Gasteiger partial charge in [0.25, 0.3) is 5.91 Å². The van der Waals surface area contributed by atoms with Crippen LogP contribution >= 0.6 is 0 Å². The molecule has 6 heteroatoms. The van der Waals surface area contributed by atoms with Gasteiger partial charge in [0.2, 0.25) is 0 Å². The number of nitrogens with zero attached hydrogens (tertiary/aromatic N) is 2. The van der Waals surface area contributed by atoms with Gasteiger partial charge in [0.1, 0.15) is 11.6 Å². The fraction of sp³-hybridized carbons (Fsp3) is 0.333. The predicted octanol–water partition coefficient (Wildman–Crippen LogP) is 3.05. The predicted molar refractivity (Wildman–Crippen MR) is 105 cm³/mol. The van der Waals surface area contributed by atoms with Gasteiger partial charge in [-0.2, -0.15) is 0 Å². The minimum atomic E-state index is -0.125. The van der Waals surface area contributed by atoms with Crippen LogP contribution in [0.15, 0.2) is 48.5 Å². The lowest BCUT2D eigenvalue weighted by Crippen LogP contribution is -2.25. The fourth-order valence-electron chi connectivity index (χ4n) is 3.12. The van der Waals surface area contributed by atoms with Gasteiger partial charge in [-0.15, -0.1) is 0 Å². The van der Waals surface area contributed by atoms with Gasteiger partial charge in [-0.3, -0.25) is 4.79 Å². The van der Waals surface area contributed by atoms with Crippen molar-refractivity contribution in [2.24, 2.45) is 0 Å². The quantitative estimate of drug-likeness (QED) is 0.591. The Morgan fingerprint density at radius 1 is 1.11 bits per heavy atom. The van der Waals surface area contributed by atoms with Crippen LogP contribution in [0.25, 0.3) is 11.0 Å². The molecule has 0 aliphatic rings. The summed E-state index contributed by atoms with van der Waals surface area (Å²) in [5.41, 5.74) is 2.65. The van der Waals surface area contributed by atoms with Crippen LogP contribution < -0.4 is 10.1 Å². The molecule has 2 aromatic carbocycles. The zero-order valence-electron chi connectivity index (χ0n) is 15.8. The molecule has 3 aromatic rings. The first-order valence-electron chi connectivity index (χ1n) is 9.09. The van der Waals surface area contributed by atoms with E-state index in [4.69, 9.17) is 14.5 Å². The molecule has 0 spiro atoms. The summed E-state index contributed by atoms with van der Waals surface area (Å²) in [7, 11) is 3.27. The highest BCUT2D eigenvalue weighted by molar-refractivity contribution is 5.96. The molecule has 0 aliphatic carbocycles. The van der Waals surface area contributed by atoms with Gasteiger partial charge in [-0.1, -0.05) is 24.3 Å². The number of fused-ring (bicyclic) bond motifs is 1. The van der Waals surface area contributed by atoms with E-state index >= 15 is 0 Å². The monoisotopic (exact) mass is 367 g/mol. The second kappa shape index (κ2) is 9.19. The fourth-order valence-corrected chi connectivity index (χ4v) is 3.12. The first-order chi connectivity index (χ1) is 13.2. The van der Waals surface area contributed by atoms with Crippen LogP contribution in [-0.2, 0) is 17.7 Å². The summed E-state index contributed by atoms with van der Waals surface area (Å²) in [6.45, 7) is 1.97. The highest BCUT2D eigenvalue weighted by Gasteiger charge is 2.12. The van der Waals surface area contributed by atoms with Gasteiger partial charge in [0.05, 0.1) is 30.3 Å². The van der Waals surface area contributed by atoms with E-state index in [0.29, 0.717) is 24.5 Å². The third-order valence-corrected chi connectivity index (χ3v) is 4.47. The molecule has 0 aliphatic heterocycles. The van der Waals surface area contributed by atoms with Crippen LogP contribution in [-0.4, -0.2) is 42.8 Å². The summed E-state index contributed by atoms with van der Waals surface area (Å²) < 4.78 is 12.7. The van der Waals surface area contributed by atoms with Crippen LogP contribution in [0, 0.1) is 0 Å². The van der Waals surface area contributed by atoms with Crippen molar-refractivity contribution < 1.29 is 14.3 Å². The summed E-state index contributed by atoms with van der Waals surface area (Å²) in [5.74, 6) is 1.47. The van der Waals surface area contributed by atoms with Gasteiger partial charge in [0.15, 0.2) is 0 Å². The van der Waals surface area contributed by atoms with Gasteiger partial charge < -0.3 is 19.4 Å². The molecular formula is C21H25N3O3. The molecule has 1 N–H and O–H groups in total. The van der Waals surface area contributed by atoms with E-state index in [2.05, 4.69) is 16.0 Å². The maximum Gasteiger partial charge on any atom is 0.255 e. The number of aryl methyl sites for hydroxylation is 1. The topological polar surface area (TPSA) is 65.4 Å². The van der Waals surface area contributed by atoms with Crippen LogP contribution in [0.1, 0.15) is 22.6 Å². The van der Waals surface area contributed by atoms with Crippen molar-refractivity contribution in [2.75, 3.05) is 27.4 Å². The van der Waals surface area contributed by atoms with E-state index in [9.17, 15) is 4.79 Å². The van der Waals surface area contributed by atoms with Crippen molar-refractivity contribution in [3.05, 3.63) is 59.9 Å². The van der Waals surface area contributed by atoms with Crippen molar-refractivity contribution in [2.45, 2.75) is 19.4 Å². The lowest BCUT2D eigenvalue weighted by molar-refractivity contribution is 0.0950. The number of hydrogen-bond acceptors (Lipinski definition) is 4. The maximum atomic E-state index is 12.4. The van der Waals surface area contributed by atoms with Crippen molar-refractivity contribution in [3.63, 3.8) is 0 Å². The van der Waals surface area contributed by atoms with Crippen molar-refractivity contribution >= 4 is 16.9 Å². The highest BCUT2D eigenvalue weighted by Crippen LogP contribution is 2.18. The number of nitrogens with one attached hydrogen (secondary N) is 1. The summed E-state index contributed by atoms with van der Waals surface area (Å²) in [6, 6.07) is 15.3. The third-order valence-electron chi connectivity index (χ3n) is 4.47. The number of hydrogen-bond donors (Lipinski definition) is 1. The second-order valence-electron chi connectivity index (χ2n) is 6.22. The van der Waals surface area contributed by atoms with Crippen molar-refractivity contribution in [1.82, 2.24) is 14.9 Å². The molecule has 0 radical (unpaired) electrons. The Morgan fingerprint density at radius 2 is 1.89 bits per heavy atom. The molecule has 3 rings (SSSR count). The van der Waals surface area contributed by atoms with Crippen LogP contribution in [0.4, 0.5) is 0 Å². The number of benzene rings is 2. The molecule has 1 heterocycles. The van der Waals surface area contributed by atoms with E-state index in [0.717, 1.165) is 36.2 Å². The number of para-hydroxylation sites is 3. The summed E-state index contributed by atoms with van der Waals surface area (Å²) >= 11 is 0. The number of carbonyl (C=O) groups excluding carboxylic acids is 1. The van der Waals surface area contributed by atoms with Crippen LogP contribution in [0.5, 0.6) is 5.75 Å². The minimum absolute atomic E-state index is 0.125. The lowest BCUT2D eigenvalue weighted by Gasteiger charge is -2.10. The zero-order chi connectivity index (χ0) is 19.1. The molecule has 0 saturated carbocycles. The lowest BCUT2D eigenvalue weighted by atomic mass is 10.2. The Balaban J connectivity index is 1.61. The summed E-state index contributed by atoms with van der Waals surface area (Å²) in [4.78, 5) is 17.1. The third kappa shape index (κ3) is 4.46. The van der Waals surface area contributed by atoms with Gasteiger partial charge in [-0.25, -0.2) is 4.98 Å². The number of rotatable bonds is 9. The second-order valence-corrected chi connectivity index (χ2v) is 6.22. The van der Waals surface area contributed by atoms with Crippen LogP contribution in [0.2, 0.25) is 0 Å². The first kappa shape index (κ1) is 18.9. The Morgan fingerprint density at radius 3 is 2.70 bits per heavy atom. The number of aromatic nitrogens is 2. The smallest absolute Gasteiger partial charge is 0.255 e. The number of imidazole rings is 1. The molecule has 0 fully saturated rings. The van der Waals surface area contributed by atoms with Gasteiger partial charge >= 0.3 is 0 Å². The Labute approximate surface area is 159 Å². The number of ether oxygens (including phenoxy) is 2. The number of methoxy groups -OCH3 is 2. The van der Waals surface area contributed by atoms with Crippen molar-refractivity contribution in [3.8, 4) is 5.75 Å². The van der Waals surface area contributed by atoms with E-state index in [1.165, 1.54) is 0 Å². The molecule has 0 unspecified atom stereocenters. The van der Waals surface area contributed by atoms with Crippen LogP contribution in [0.3, 0.4) is 0 Å². The molecule has 1 aromatic heterocycles. The van der Waals surface area contributed by atoms with Crippen molar-refractivity contribution in [1.29, 1.82) is 0 Å². The molecule has 1 amide bonds. The Bertz CT molecular complexity index is 905. The minimum Gasteiger partial charge on any atom is -0.496 e. The summed E-state index contributed by atoms with van der Waals surface area (Å²) in [5, 5.41) is 2.96. The standard InChI is InChI=1S/C21H25N3O3/c1-26-15-14-24-18-10-5-4-9-17(18)23-20(24)12-7-13-22-21(25)16-8-3-6-11-19(16)27-2/h3-6,8-11H,7,12-15H2,1-2H3,(H,22,25). The molecule has 0 bridgehead atoms. The molecule has 0 atom stereocenters. The number of amides is 1. The normalized spacial score (nSPS) is 10.9. The maximum absolute atomic E-state index is 12.4.